The van der Waals surface area contributed by atoms with E-state index in [0.717, 1.165) is 0 Å². The molecule has 0 aliphatic carbocycles. The van der Waals surface area contributed by atoms with Crippen LogP contribution in [-0.2, 0) is 0 Å². The summed E-state index contributed by atoms with van der Waals surface area (Å²) in [6, 6.07) is 6.35. The fourth-order valence-corrected chi connectivity index (χ4v) is 1.59. The predicted octanol–water partition coefficient (Wildman–Crippen LogP) is 3.41. The molecule has 1 rings (SSSR count). The van der Waals surface area contributed by atoms with E-state index in [9.17, 15) is 18.0 Å². The van der Waals surface area contributed by atoms with Gasteiger partial charge in [0.15, 0.2) is 5.78 Å². The lowest BCUT2D eigenvalue weighted by Gasteiger charge is -2.16. The lowest BCUT2D eigenvalue weighted by Crippen LogP contribution is -2.29. The van der Waals surface area contributed by atoms with E-state index in [0.29, 0.717) is 10.6 Å². The Balaban J connectivity index is 2.50. The molecule has 18 heavy (non-hydrogen) atoms. The fourth-order valence-electron chi connectivity index (χ4n) is 1.40. The molecule has 0 atom stereocenters. The van der Waals surface area contributed by atoms with Gasteiger partial charge in [-0.15, -0.1) is 0 Å². The van der Waals surface area contributed by atoms with Crippen molar-refractivity contribution >= 4 is 17.4 Å². The molecule has 0 bridgehead atoms. The molecule has 0 radical (unpaired) electrons. The Labute approximate surface area is 108 Å². The van der Waals surface area contributed by atoms with Gasteiger partial charge in [0.2, 0.25) is 0 Å². The highest BCUT2D eigenvalue weighted by Crippen LogP contribution is 2.19. The summed E-state index contributed by atoms with van der Waals surface area (Å²) in [5.74, 6) is -0.248. The first kappa shape index (κ1) is 15.0. The van der Waals surface area contributed by atoms with Gasteiger partial charge in [0, 0.05) is 17.1 Å². The number of hydrogen-bond donors (Lipinski definition) is 0. The van der Waals surface area contributed by atoms with Crippen LogP contribution in [-0.4, -0.2) is 37.0 Å². The minimum absolute atomic E-state index is 0.0591. The highest BCUT2D eigenvalue weighted by Gasteiger charge is 2.27. The van der Waals surface area contributed by atoms with E-state index in [4.69, 9.17) is 11.6 Å². The van der Waals surface area contributed by atoms with Gasteiger partial charge in [-0.2, -0.15) is 13.2 Å². The van der Waals surface area contributed by atoms with Crippen LogP contribution in [0.5, 0.6) is 0 Å². The Morgan fingerprint density at radius 3 is 2.61 bits per heavy atom. The summed E-state index contributed by atoms with van der Waals surface area (Å²) in [5.41, 5.74) is 0.404. The van der Waals surface area contributed by atoms with Crippen LogP contribution in [0.4, 0.5) is 13.2 Å². The predicted molar refractivity (Wildman–Crippen MR) is 64.0 cm³/mol. The van der Waals surface area contributed by atoms with Crippen LogP contribution in [0.2, 0.25) is 5.02 Å². The number of halogens is 4. The van der Waals surface area contributed by atoms with Crippen LogP contribution in [0.25, 0.3) is 0 Å². The van der Waals surface area contributed by atoms with Gasteiger partial charge >= 0.3 is 6.18 Å². The Kier molecular flexibility index (Phi) is 5.16. The van der Waals surface area contributed by atoms with Crippen molar-refractivity contribution in [2.45, 2.75) is 12.6 Å². The molecule has 0 aliphatic rings. The molecule has 1 aromatic carbocycles. The van der Waals surface area contributed by atoms with Crippen molar-refractivity contribution in [1.29, 1.82) is 0 Å². The highest BCUT2D eigenvalue weighted by atomic mass is 35.5. The van der Waals surface area contributed by atoms with E-state index in [-0.39, 0.29) is 18.9 Å². The number of benzene rings is 1. The monoisotopic (exact) mass is 279 g/mol. The van der Waals surface area contributed by atoms with Gasteiger partial charge in [0.05, 0.1) is 13.0 Å². The summed E-state index contributed by atoms with van der Waals surface area (Å²) in [7, 11) is 1.48. The number of Topliss-reactive ketones (excluding diaryl/α,β-unsaturated/α-hetero) is 1. The van der Waals surface area contributed by atoms with Crippen LogP contribution in [0.15, 0.2) is 24.3 Å². The second kappa shape index (κ2) is 6.20. The smallest absolute Gasteiger partial charge is 0.299 e. The average molecular weight is 280 g/mol. The minimum atomic E-state index is -4.20. The SMILES string of the molecule is CN(CCC(F)(F)F)CC(=O)c1cccc(Cl)c1. The summed E-state index contributed by atoms with van der Waals surface area (Å²) in [5, 5.41) is 0.429. The Morgan fingerprint density at radius 1 is 1.39 bits per heavy atom. The summed E-state index contributed by atoms with van der Waals surface area (Å²) in [6.07, 6.45) is -5.13. The number of carbonyl (C=O) groups is 1. The molecule has 0 spiro atoms. The quantitative estimate of drug-likeness (QED) is 0.770. The van der Waals surface area contributed by atoms with E-state index in [1.165, 1.54) is 18.0 Å². The zero-order valence-corrected chi connectivity index (χ0v) is 10.6. The number of likely N-dealkylation sites (N-methyl/N-ethyl adjacent to an activating group) is 1. The number of nitrogens with zero attached hydrogens (tertiary/aromatic N) is 1. The fraction of sp³-hybridized carbons (Fsp3) is 0.417. The first-order valence-corrected chi connectivity index (χ1v) is 5.70. The maximum Gasteiger partial charge on any atom is 0.390 e. The molecule has 0 heterocycles. The number of hydrogen-bond acceptors (Lipinski definition) is 2. The van der Waals surface area contributed by atoms with Gasteiger partial charge in [0.1, 0.15) is 0 Å². The van der Waals surface area contributed by atoms with Gasteiger partial charge < -0.3 is 0 Å². The van der Waals surface area contributed by atoms with E-state index in [1.807, 2.05) is 0 Å². The number of rotatable bonds is 5. The zero-order chi connectivity index (χ0) is 13.8. The second-order valence-corrected chi connectivity index (χ2v) is 4.47. The normalized spacial score (nSPS) is 11.9. The molecule has 1 aromatic rings. The van der Waals surface area contributed by atoms with E-state index in [1.54, 1.807) is 18.2 Å². The van der Waals surface area contributed by atoms with Crippen LogP contribution in [0, 0.1) is 0 Å². The standard InChI is InChI=1S/C12H13ClF3NO/c1-17(6-5-12(14,15)16)8-11(18)9-3-2-4-10(13)7-9/h2-4,7H,5-6,8H2,1H3. The lowest BCUT2D eigenvalue weighted by atomic mass is 10.1. The molecule has 0 aromatic heterocycles. The molecule has 0 unspecified atom stereocenters. The van der Waals surface area contributed by atoms with Gasteiger partial charge in [-0.05, 0) is 19.2 Å². The second-order valence-electron chi connectivity index (χ2n) is 4.04. The summed E-state index contributed by atoms with van der Waals surface area (Å²) < 4.78 is 36.0. The van der Waals surface area contributed by atoms with Crippen LogP contribution < -0.4 is 0 Å². The molecule has 0 fully saturated rings. The van der Waals surface area contributed by atoms with Gasteiger partial charge in [-0.3, -0.25) is 9.69 Å². The molecule has 0 N–H and O–H groups in total. The van der Waals surface area contributed by atoms with Gasteiger partial charge in [-0.25, -0.2) is 0 Å². The van der Waals surface area contributed by atoms with Crippen LogP contribution in [0.3, 0.4) is 0 Å². The Morgan fingerprint density at radius 2 is 2.06 bits per heavy atom. The largest absolute Gasteiger partial charge is 0.390 e. The molecule has 0 saturated carbocycles. The van der Waals surface area contributed by atoms with Crippen molar-refractivity contribution in [3.8, 4) is 0 Å². The topological polar surface area (TPSA) is 20.3 Å². The molecule has 0 saturated heterocycles. The first-order valence-electron chi connectivity index (χ1n) is 5.32. The summed E-state index contributed by atoms with van der Waals surface area (Å²) in [4.78, 5) is 13.1. The Hall–Kier alpha value is -1.07. The molecule has 2 nitrogen and oxygen atoms in total. The summed E-state index contributed by atoms with van der Waals surface area (Å²) in [6.45, 7) is -0.258. The van der Waals surface area contributed by atoms with Crippen molar-refractivity contribution in [3.05, 3.63) is 34.9 Å². The third kappa shape index (κ3) is 5.51. The molecular formula is C12H13ClF3NO. The molecule has 100 valence electrons. The molecule has 0 aliphatic heterocycles. The van der Waals surface area contributed by atoms with Crippen LogP contribution >= 0.6 is 11.6 Å². The zero-order valence-electron chi connectivity index (χ0n) is 9.80. The minimum Gasteiger partial charge on any atom is -0.299 e. The first-order chi connectivity index (χ1) is 8.28. The lowest BCUT2D eigenvalue weighted by molar-refractivity contribution is -0.137. The van der Waals surface area contributed by atoms with E-state index < -0.39 is 12.6 Å². The molecule has 6 heteroatoms. The van der Waals surface area contributed by atoms with Crippen molar-refractivity contribution in [2.75, 3.05) is 20.1 Å². The summed E-state index contributed by atoms with van der Waals surface area (Å²) >= 11 is 5.73. The van der Waals surface area contributed by atoms with Crippen LogP contribution in [0.1, 0.15) is 16.8 Å². The number of alkyl halides is 3. The van der Waals surface area contributed by atoms with E-state index in [2.05, 4.69) is 0 Å². The van der Waals surface area contributed by atoms with Crippen molar-refractivity contribution in [2.24, 2.45) is 0 Å². The molecule has 0 amide bonds. The van der Waals surface area contributed by atoms with Gasteiger partial charge in [0.25, 0.3) is 0 Å². The Bertz CT molecular complexity index is 420. The maximum absolute atomic E-state index is 12.0. The third-order valence-electron chi connectivity index (χ3n) is 2.34. The van der Waals surface area contributed by atoms with Crippen molar-refractivity contribution < 1.29 is 18.0 Å². The number of ketones is 1. The number of carbonyl (C=O) groups excluding carboxylic acids is 1. The highest BCUT2D eigenvalue weighted by molar-refractivity contribution is 6.31. The van der Waals surface area contributed by atoms with Gasteiger partial charge in [-0.1, -0.05) is 23.7 Å². The third-order valence-corrected chi connectivity index (χ3v) is 2.57. The van der Waals surface area contributed by atoms with Crippen molar-refractivity contribution in [1.82, 2.24) is 4.90 Å². The van der Waals surface area contributed by atoms with Crippen molar-refractivity contribution in [3.63, 3.8) is 0 Å². The average Bonchev–Trinajstić information content (AvgIpc) is 2.25. The maximum atomic E-state index is 12.0. The molecular weight excluding hydrogens is 267 g/mol. The van der Waals surface area contributed by atoms with E-state index >= 15 is 0 Å².